The molecular weight excluding hydrogens is 310 g/mol. The maximum atomic E-state index is 10.7. The monoisotopic (exact) mass is 331 g/mol. The molecule has 0 aliphatic rings. The van der Waals surface area contributed by atoms with Gasteiger partial charge in [0.15, 0.2) is 5.96 Å². The van der Waals surface area contributed by atoms with E-state index < -0.39 is 4.92 Å². The van der Waals surface area contributed by atoms with Crippen molar-refractivity contribution in [3.63, 3.8) is 0 Å². The van der Waals surface area contributed by atoms with Gasteiger partial charge in [-0.3, -0.25) is 10.1 Å². The van der Waals surface area contributed by atoms with E-state index in [4.69, 9.17) is 4.42 Å². The number of aliphatic imine (C=N–C) groups is 1. The minimum absolute atomic E-state index is 0.0717. The van der Waals surface area contributed by atoms with Crippen molar-refractivity contribution in [2.45, 2.75) is 33.9 Å². The predicted octanol–water partition coefficient (Wildman–Crippen LogP) is 2.45. The third-order valence-corrected chi connectivity index (χ3v) is 3.39. The van der Waals surface area contributed by atoms with E-state index in [-0.39, 0.29) is 5.69 Å². The number of hydrogen-bond donors (Lipinski definition) is 2. The van der Waals surface area contributed by atoms with Crippen molar-refractivity contribution in [2.24, 2.45) is 4.99 Å². The van der Waals surface area contributed by atoms with Gasteiger partial charge in [-0.15, -0.1) is 0 Å². The Kier molecular flexibility index (Phi) is 5.89. The molecule has 0 spiro atoms. The van der Waals surface area contributed by atoms with Crippen LogP contribution in [0.2, 0.25) is 0 Å². The minimum atomic E-state index is -0.418. The van der Waals surface area contributed by atoms with Crippen LogP contribution in [0, 0.1) is 24.0 Å². The molecule has 0 unspecified atom stereocenters. The van der Waals surface area contributed by atoms with Crippen LogP contribution in [0.15, 0.2) is 33.7 Å². The molecule has 0 radical (unpaired) electrons. The van der Waals surface area contributed by atoms with Crippen molar-refractivity contribution >= 4 is 11.6 Å². The van der Waals surface area contributed by atoms with Gasteiger partial charge >= 0.3 is 0 Å². The largest absolute Gasteiger partial charge is 0.444 e. The molecular formula is C16H21N5O3. The van der Waals surface area contributed by atoms with Gasteiger partial charge < -0.3 is 15.1 Å². The number of aryl methyl sites for hydroxylation is 2. The van der Waals surface area contributed by atoms with Crippen LogP contribution in [-0.2, 0) is 13.1 Å². The van der Waals surface area contributed by atoms with Gasteiger partial charge in [-0.25, -0.2) is 9.98 Å². The van der Waals surface area contributed by atoms with Crippen LogP contribution >= 0.6 is 0 Å². The highest BCUT2D eigenvalue weighted by atomic mass is 16.6. The second kappa shape index (κ2) is 8.09. The number of nitrogens with one attached hydrogen (secondary N) is 2. The van der Waals surface area contributed by atoms with Crippen LogP contribution in [-0.4, -0.2) is 22.4 Å². The quantitative estimate of drug-likeness (QED) is 0.364. The second-order valence-electron chi connectivity index (χ2n) is 5.22. The van der Waals surface area contributed by atoms with Crippen molar-refractivity contribution in [2.75, 3.05) is 6.54 Å². The number of nitro benzene ring substituents is 1. The Morgan fingerprint density at radius 2 is 2.00 bits per heavy atom. The van der Waals surface area contributed by atoms with Crippen LogP contribution < -0.4 is 10.6 Å². The van der Waals surface area contributed by atoms with Gasteiger partial charge in [0.25, 0.3) is 5.69 Å². The smallest absolute Gasteiger partial charge is 0.269 e. The summed E-state index contributed by atoms with van der Waals surface area (Å²) in [4.78, 5) is 19.0. The van der Waals surface area contributed by atoms with Gasteiger partial charge in [-0.2, -0.15) is 0 Å². The lowest BCUT2D eigenvalue weighted by atomic mass is 10.2. The molecule has 0 saturated heterocycles. The van der Waals surface area contributed by atoms with E-state index >= 15 is 0 Å². The Morgan fingerprint density at radius 3 is 2.54 bits per heavy atom. The second-order valence-corrected chi connectivity index (χ2v) is 5.22. The predicted molar refractivity (Wildman–Crippen MR) is 90.7 cm³/mol. The maximum absolute atomic E-state index is 10.7. The lowest BCUT2D eigenvalue weighted by Crippen LogP contribution is -2.36. The Morgan fingerprint density at radius 1 is 1.29 bits per heavy atom. The first-order valence-corrected chi connectivity index (χ1v) is 7.68. The molecule has 128 valence electrons. The summed E-state index contributed by atoms with van der Waals surface area (Å²) in [6, 6.07) is 6.35. The highest BCUT2D eigenvalue weighted by Crippen LogP contribution is 2.12. The lowest BCUT2D eigenvalue weighted by molar-refractivity contribution is -0.384. The number of aromatic nitrogens is 1. The zero-order valence-corrected chi connectivity index (χ0v) is 14.0. The third kappa shape index (κ3) is 4.80. The van der Waals surface area contributed by atoms with Crippen LogP contribution in [0.4, 0.5) is 5.69 Å². The van der Waals surface area contributed by atoms with E-state index in [9.17, 15) is 10.1 Å². The molecule has 0 aliphatic carbocycles. The number of oxazole rings is 1. The van der Waals surface area contributed by atoms with E-state index in [1.54, 1.807) is 12.1 Å². The van der Waals surface area contributed by atoms with E-state index in [1.807, 2.05) is 20.8 Å². The summed E-state index contributed by atoms with van der Waals surface area (Å²) in [5.74, 6) is 2.04. The standard InChI is InChI=1S/C16H21N5O3/c1-4-17-16(19-10-15-20-11(2)12(3)24-15)18-9-13-5-7-14(8-6-13)21(22)23/h5-8H,4,9-10H2,1-3H3,(H2,17,18,19). The van der Waals surface area contributed by atoms with Gasteiger partial charge in [0.05, 0.1) is 23.7 Å². The average molecular weight is 331 g/mol. The van der Waals surface area contributed by atoms with Crippen LogP contribution in [0.25, 0.3) is 0 Å². The van der Waals surface area contributed by atoms with Crippen molar-refractivity contribution in [3.8, 4) is 0 Å². The first-order valence-electron chi connectivity index (χ1n) is 7.68. The molecule has 0 saturated carbocycles. The molecule has 2 aromatic rings. The van der Waals surface area contributed by atoms with Crippen molar-refractivity contribution in [1.82, 2.24) is 15.6 Å². The number of non-ortho nitro benzene ring substituents is 1. The molecule has 0 bridgehead atoms. The minimum Gasteiger partial charge on any atom is -0.444 e. The number of guanidine groups is 1. The summed E-state index contributed by atoms with van der Waals surface area (Å²) in [7, 11) is 0. The molecule has 0 atom stereocenters. The number of nitrogens with zero attached hydrogens (tertiary/aromatic N) is 3. The normalized spacial score (nSPS) is 11.4. The summed E-state index contributed by atoms with van der Waals surface area (Å²) in [6.07, 6.45) is 0. The Bertz CT molecular complexity index is 702. The van der Waals surface area contributed by atoms with Gasteiger partial charge in [0.2, 0.25) is 5.89 Å². The average Bonchev–Trinajstić information content (AvgIpc) is 2.88. The van der Waals surface area contributed by atoms with Crippen LogP contribution in [0.1, 0.15) is 29.8 Å². The molecule has 0 fully saturated rings. The number of nitro groups is 1. The van der Waals surface area contributed by atoms with E-state index in [0.717, 1.165) is 23.6 Å². The summed E-state index contributed by atoms with van der Waals surface area (Å²) < 4.78 is 5.52. The van der Waals surface area contributed by atoms with Gasteiger partial charge in [-0.05, 0) is 26.3 Å². The molecule has 1 aromatic carbocycles. The Hall–Kier alpha value is -2.90. The highest BCUT2D eigenvalue weighted by molar-refractivity contribution is 5.79. The number of benzene rings is 1. The molecule has 8 nitrogen and oxygen atoms in total. The van der Waals surface area contributed by atoms with Crippen LogP contribution in [0.3, 0.4) is 0 Å². The highest BCUT2D eigenvalue weighted by Gasteiger charge is 2.07. The summed E-state index contributed by atoms with van der Waals surface area (Å²) in [5.41, 5.74) is 1.84. The zero-order chi connectivity index (χ0) is 17.5. The Balaban J connectivity index is 1.97. The van der Waals surface area contributed by atoms with Gasteiger partial charge in [0.1, 0.15) is 5.76 Å². The number of hydrogen-bond acceptors (Lipinski definition) is 5. The fourth-order valence-electron chi connectivity index (χ4n) is 2.01. The van der Waals surface area contributed by atoms with Crippen molar-refractivity contribution in [3.05, 3.63) is 57.3 Å². The molecule has 24 heavy (non-hydrogen) atoms. The topological polar surface area (TPSA) is 106 Å². The number of rotatable bonds is 6. The van der Waals surface area contributed by atoms with Crippen molar-refractivity contribution < 1.29 is 9.34 Å². The first kappa shape index (κ1) is 17.5. The maximum Gasteiger partial charge on any atom is 0.269 e. The molecule has 1 aromatic heterocycles. The molecule has 8 heteroatoms. The molecule has 2 rings (SSSR count). The molecule has 2 N–H and O–H groups in total. The van der Waals surface area contributed by atoms with E-state index in [2.05, 4.69) is 20.6 Å². The van der Waals surface area contributed by atoms with E-state index in [1.165, 1.54) is 12.1 Å². The van der Waals surface area contributed by atoms with Crippen molar-refractivity contribution in [1.29, 1.82) is 0 Å². The third-order valence-electron chi connectivity index (χ3n) is 3.39. The molecule has 0 aliphatic heterocycles. The first-order chi connectivity index (χ1) is 11.5. The molecule has 1 heterocycles. The van der Waals surface area contributed by atoms with Gasteiger partial charge in [-0.1, -0.05) is 12.1 Å². The molecule has 0 amide bonds. The zero-order valence-electron chi connectivity index (χ0n) is 14.0. The van der Waals surface area contributed by atoms with Crippen LogP contribution in [0.5, 0.6) is 0 Å². The summed E-state index contributed by atoms with van der Waals surface area (Å²) in [6.45, 7) is 7.31. The summed E-state index contributed by atoms with van der Waals surface area (Å²) in [5, 5.41) is 16.9. The van der Waals surface area contributed by atoms with E-state index in [0.29, 0.717) is 24.9 Å². The fourth-order valence-corrected chi connectivity index (χ4v) is 2.01. The van der Waals surface area contributed by atoms with Gasteiger partial charge in [0, 0.05) is 18.7 Å². The lowest BCUT2D eigenvalue weighted by Gasteiger charge is -2.09. The Labute approximate surface area is 140 Å². The summed E-state index contributed by atoms with van der Waals surface area (Å²) >= 11 is 0. The SMILES string of the molecule is CCNC(=NCc1ccc([N+](=O)[O-])cc1)NCc1nc(C)c(C)o1. The fraction of sp³-hybridized carbons (Fsp3) is 0.375.